The first-order valence-corrected chi connectivity index (χ1v) is 8.55. The van der Waals surface area contributed by atoms with Gasteiger partial charge in [0.2, 0.25) is 0 Å². The summed E-state index contributed by atoms with van der Waals surface area (Å²) in [7, 11) is 0. The van der Waals surface area contributed by atoms with Crippen molar-refractivity contribution in [2.75, 3.05) is 19.8 Å². The Hall–Kier alpha value is -0.460. The third-order valence-electron chi connectivity index (χ3n) is 3.96. The number of aliphatic hydroxyl groups excluding tert-OH is 3. The monoisotopic (exact) mass is 316 g/mol. The van der Waals surface area contributed by atoms with Gasteiger partial charge < -0.3 is 24.8 Å². The van der Waals surface area contributed by atoms with Crippen LogP contribution in [0.25, 0.3) is 0 Å². The Morgan fingerprint density at radius 2 is 1.91 bits per heavy atom. The topological polar surface area (TPSA) is 79.2 Å². The first-order chi connectivity index (χ1) is 10.7. The summed E-state index contributed by atoms with van der Waals surface area (Å²) in [6, 6.07) is 0. The molecule has 3 N–H and O–H groups in total. The first kappa shape index (κ1) is 19.6. The maximum Gasteiger partial charge on any atom is 0.114 e. The van der Waals surface area contributed by atoms with Crippen LogP contribution in [0.3, 0.4) is 0 Å². The van der Waals surface area contributed by atoms with Gasteiger partial charge in [-0.2, -0.15) is 0 Å². The van der Waals surface area contributed by atoms with Crippen LogP contribution in [0.1, 0.15) is 51.9 Å². The number of unbranched alkanes of at least 4 members (excludes halogenated alkanes) is 5. The molecule has 0 aromatic rings. The van der Waals surface area contributed by atoms with E-state index in [9.17, 15) is 10.2 Å². The molecular weight excluding hydrogens is 284 g/mol. The van der Waals surface area contributed by atoms with Crippen LogP contribution in [0.15, 0.2) is 12.2 Å². The highest BCUT2D eigenvalue weighted by molar-refractivity contribution is 4.89. The molecule has 0 aromatic heterocycles. The fourth-order valence-corrected chi connectivity index (χ4v) is 2.63. The van der Waals surface area contributed by atoms with E-state index in [-0.39, 0.29) is 6.61 Å². The van der Waals surface area contributed by atoms with Crippen LogP contribution in [0.4, 0.5) is 0 Å². The van der Waals surface area contributed by atoms with Crippen LogP contribution in [-0.2, 0) is 9.47 Å². The third kappa shape index (κ3) is 7.20. The zero-order valence-corrected chi connectivity index (χ0v) is 13.7. The highest BCUT2D eigenvalue weighted by Crippen LogP contribution is 2.21. The average Bonchev–Trinajstić information content (AvgIpc) is 2.89. The summed E-state index contributed by atoms with van der Waals surface area (Å²) in [5, 5.41) is 28.4. The van der Waals surface area contributed by atoms with Gasteiger partial charge in [-0.05, 0) is 19.3 Å². The third-order valence-corrected chi connectivity index (χ3v) is 3.96. The summed E-state index contributed by atoms with van der Waals surface area (Å²) in [5.74, 6) is 0. The van der Waals surface area contributed by atoms with E-state index in [1.807, 2.05) is 0 Å². The number of hydrogen-bond donors (Lipinski definition) is 3. The normalized spacial score (nSPS) is 26.8. The Bertz CT molecular complexity index is 295. The Kier molecular flexibility index (Phi) is 10.7. The second kappa shape index (κ2) is 12.0. The maximum absolute atomic E-state index is 9.79. The van der Waals surface area contributed by atoms with Crippen molar-refractivity contribution in [2.24, 2.45) is 0 Å². The minimum Gasteiger partial charge on any atom is -0.394 e. The number of aliphatic hydroxyl groups is 3. The lowest BCUT2D eigenvalue weighted by Crippen LogP contribution is -2.42. The fourth-order valence-electron chi connectivity index (χ4n) is 2.63. The van der Waals surface area contributed by atoms with Crippen molar-refractivity contribution in [1.82, 2.24) is 0 Å². The smallest absolute Gasteiger partial charge is 0.114 e. The number of ether oxygens (including phenoxy) is 2. The van der Waals surface area contributed by atoms with E-state index in [0.29, 0.717) is 6.61 Å². The van der Waals surface area contributed by atoms with Gasteiger partial charge in [0.1, 0.15) is 24.4 Å². The van der Waals surface area contributed by atoms with E-state index in [0.717, 1.165) is 12.8 Å². The molecule has 0 amide bonds. The summed E-state index contributed by atoms with van der Waals surface area (Å²) in [6.07, 6.45) is 9.63. The minimum atomic E-state index is -1.01. The lowest BCUT2D eigenvalue weighted by atomic mass is 10.1. The molecule has 0 radical (unpaired) electrons. The van der Waals surface area contributed by atoms with Crippen molar-refractivity contribution in [3.8, 4) is 0 Å². The van der Waals surface area contributed by atoms with Gasteiger partial charge >= 0.3 is 0 Å². The molecule has 1 saturated heterocycles. The predicted octanol–water partition coefficient (Wildman–Crippen LogP) is 1.79. The van der Waals surface area contributed by atoms with Gasteiger partial charge in [0.25, 0.3) is 0 Å². The van der Waals surface area contributed by atoms with Crippen molar-refractivity contribution < 1.29 is 24.8 Å². The van der Waals surface area contributed by atoms with Crippen LogP contribution < -0.4 is 0 Å². The molecule has 1 aliphatic rings. The highest BCUT2D eigenvalue weighted by Gasteiger charge is 2.40. The van der Waals surface area contributed by atoms with E-state index >= 15 is 0 Å². The summed E-state index contributed by atoms with van der Waals surface area (Å²) in [5.41, 5.74) is 0. The van der Waals surface area contributed by atoms with Crippen molar-refractivity contribution in [2.45, 2.75) is 76.3 Å². The van der Waals surface area contributed by atoms with Crippen LogP contribution >= 0.6 is 0 Å². The van der Waals surface area contributed by atoms with Gasteiger partial charge in [0.05, 0.1) is 19.8 Å². The van der Waals surface area contributed by atoms with E-state index in [1.165, 1.54) is 32.1 Å². The van der Waals surface area contributed by atoms with Crippen molar-refractivity contribution in [3.63, 3.8) is 0 Å². The van der Waals surface area contributed by atoms with E-state index in [2.05, 4.69) is 19.1 Å². The van der Waals surface area contributed by atoms with Gasteiger partial charge in [-0.15, -0.1) is 0 Å². The van der Waals surface area contributed by atoms with E-state index in [4.69, 9.17) is 14.6 Å². The lowest BCUT2D eigenvalue weighted by molar-refractivity contribution is -0.0924. The zero-order chi connectivity index (χ0) is 16.2. The highest BCUT2D eigenvalue weighted by atomic mass is 16.6. The molecule has 0 aliphatic carbocycles. The molecule has 0 saturated carbocycles. The average molecular weight is 316 g/mol. The van der Waals surface area contributed by atoms with Crippen LogP contribution in [0.2, 0.25) is 0 Å². The SMILES string of the molecule is CCCCCCC/C=C/CCO[C@H]1[C@@H]([C@H](O)CO)OC[C@@H]1O. The van der Waals surface area contributed by atoms with E-state index < -0.39 is 31.0 Å². The van der Waals surface area contributed by atoms with Crippen LogP contribution in [-0.4, -0.2) is 59.6 Å². The van der Waals surface area contributed by atoms with Crippen molar-refractivity contribution in [1.29, 1.82) is 0 Å². The molecular formula is C17H32O5. The van der Waals surface area contributed by atoms with Gasteiger partial charge in [-0.25, -0.2) is 0 Å². The molecule has 0 bridgehead atoms. The molecule has 1 aliphatic heterocycles. The molecule has 4 atom stereocenters. The lowest BCUT2D eigenvalue weighted by Gasteiger charge is -2.23. The van der Waals surface area contributed by atoms with Gasteiger partial charge in [0, 0.05) is 0 Å². The number of allylic oxidation sites excluding steroid dienone is 1. The summed E-state index contributed by atoms with van der Waals surface area (Å²) >= 11 is 0. The van der Waals surface area contributed by atoms with Crippen LogP contribution in [0, 0.1) is 0 Å². The predicted molar refractivity (Wildman–Crippen MR) is 85.7 cm³/mol. The van der Waals surface area contributed by atoms with Gasteiger partial charge in [-0.3, -0.25) is 0 Å². The molecule has 130 valence electrons. The quantitative estimate of drug-likeness (QED) is 0.378. The van der Waals surface area contributed by atoms with Gasteiger partial charge in [-0.1, -0.05) is 44.8 Å². The van der Waals surface area contributed by atoms with Crippen molar-refractivity contribution in [3.05, 3.63) is 12.2 Å². The number of hydrogen-bond acceptors (Lipinski definition) is 5. The molecule has 5 heteroatoms. The molecule has 1 fully saturated rings. The molecule has 0 spiro atoms. The number of rotatable bonds is 12. The second-order valence-corrected chi connectivity index (χ2v) is 5.91. The molecule has 0 aromatic carbocycles. The molecule has 22 heavy (non-hydrogen) atoms. The second-order valence-electron chi connectivity index (χ2n) is 5.91. The Morgan fingerprint density at radius 3 is 2.64 bits per heavy atom. The summed E-state index contributed by atoms with van der Waals surface area (Å²) in [4.78, 5) is 0. The fraction of sp³-hybridized carbons (Fsp3) is 0.882. The molecule has 5 nitrogen and oxygen atoms in total. The maximum atomic E-state index is 9.79. The molecule has 0 unspecified atom stereocenters. The Labute approximate surface area is 133 Å². The Morgan fingerprint density at radius 1 is 1.18 bits per heavy atom. The standard InChI is InChI=1S/C17H32O5/c1-2-3-4-5-6-7-8-9-10-11-21-17-15(20)13-22-16(17)14(19)12-18/h8-9,14-20H,2-7,10-13H2,1H3/b9-8+/t14-,15+,16-,17-/m1/s1. The zero-order valence-electron chi connectivity index (χ0n) is 13.7. The van der Waals surface area contributed by atoms with Crippen LogP contribution in [0.5, 0.6) is 0 Å². The summed E-state index contributed by atoms with van der Waals surface area (Å²) < 4.78 is 10.9. The molecule has 1 heterocycles. The molecule has 1 rings (SSSR count). The van der Waals surface area contributed by atoms with Gasteiger partial charge in [0.15, 0.2) is 0 Å². The van der Waals surface area contributed by atoms with E-state index in [1.54, 1.807) is 0 Å². The van der Waals surface area contributed by atoms with Crippen molar-refractivity contribution >= 4 is 0 Å². The minimum absolute atomic E-state index is 0.139. The summed E-state index contributed by atoms with van der Waals surface area (Å²) in [6.45, 7) is 2.44. The largest absolute Gasteiger partial charge is 0.394 e. The first-order valence-electron chi connectivity index (χ1n) is 8.55. The Balaban J connectivity index is 2.10.